The normalized spacial score (nSPS) is 10.7. The Labute approximate surface area is 118 Å². The van der Waals surface area contributed by atoms with Crippen molar-refractivity contribution in [1.29, 1.82) is 0 Å². The van der Waals surface area contributed by atoms with E-state index < -0.39 is 0 Å². The van der Waals surface area contributed by atoms with Crippen LogP contribution in [0.15, 0.2) is 54.6 Å². The van der Waals surface area contributed by atoms with Crippen molar-refractivity contribution in [2.75, 3.05) is 12.8 Å². The summed E-state index contributed by atoms with van der Waals surface area (Å²) in [6.07, 6.45) is 3.70. The molecule has 0 saturated heterocycles. The van der Waals surface area contributed by atoms with Gasteiger partial charge in [-0.2, -0.15) is 0 Å². The zero-order chi connectivity index (χ0) is 14.4. The smallest absolute Gasteiger partial charge is 0.160 e. The number of ether oxygens (including phenoxy) is 1. The number of carbonyl (C=O) groups excluding carboxylic acids is 1. The molecule has 0 unspecified atom stereocenters. The van der Waals surface area contributed by atoms with Gasteiger partial charge < -0.3 is 10.5 Å². The minimum Gasteiger partial charge on any atom is -0.496 e. The van der Waals surface area contributed by atoms with Crippen molar-refractivity contribution >= 4 is 17.5 Å². The average molecular weight is 267 g/mol. The Balaban J connectivity index is 2.03. The predicted octanol–water partition coefficient (Wildman–Crippen LogP) is 3.10. The SMILES string of the molecule is COc1ccccc1CC(=O)/C=C/c1ccc(N)cc1. The lowest BCUT2D eigenvalue weighted by molar-refractivity contribution is -0.113. The Kier molecular flexibility index (Phi) is 4.56. The predicted molar refractivity (Wildman–Crippen MR) is 81.6 cm³/mol. The maximum atomic E-state index is 12.0. The number of carbonyl (C=O) groups is 1. The van der Waals surface area contributed by atoms with E-state index in [1.165, 1.54) is 0 Å². The molecule has 3 heteroatoms. The number of hydrogen-bond acceptors (Lipinski definition) is 3. The number of allylic oxidation sites excluding steroid dienone is 1. The molecule has 0 amide bonds. The van der Waals surface area contributed by atoms with Crippen LogP contribution in [0.5, 0.6) is 5.75 Å². The molecule has 102 valence electrons. The Morgan fingerprint density at radius 1 is 1.15 bits per heavy atom. The van der Waals surface area contributed by atoms with Crippen molar-refractivity contribution in [2.45, 2.75) is 6.42 Å². The summed E-state index contributed by atoms with van der Waals surface area (Å²) in [5.74, 6) is 0.771. The fourth-order valence-corrected chi connectivity index (χ4v) is 1.89. The molecule has 0 fully saturated rings. The highest BCUT2D eigenvalue weighted by Crippen LogP contribution is 2.18. The molecule has 0 aliphatic carbocycles. The first kappa shape index (κ1) is 13.9. The maximum Gasteiger partial charge on any atom is 0.160 e. The van der Waals surface area contributed by atoms with E-state index in [0.717, 1.165) is 16.9 Å². The molecule has 3 nitrogen and oxygen atoms in total. The topological polar surface area (TPSA) is 52.3 Å². The maximum absolute atomic E-state index is 12.0. The van der Waals surface area contributed by atoms with Crippen LogP contribution in [0, 0.1) is 0 Å². The second-order valence-electron chi connectivity index (χ2n) is 4.45. The summed E-state index contributed by atoms with van der Waals surface area (Å²) < 4.78 is 5.23. The van der Waals surface area contributed by atoms with Crippen LogP contribution in [0.25, 0.3) is 6.08 Å². The van der Waals surface area contributed by atoms with Gasteiger partial charge in [-0.25, -0.2) is 0 Å². The lowest BCUT2D eigenvalue weighted by Gasteiger charge is -2.05. The van der Waals surface area contributed by atoms with Crippen LogP contribution >= 0.6 is 0 Å². The lowest BCUT2D eigenvalue weighted by atomic mass is 10.1. The second-order valence-corrected chi connectivity index (χ2v) is 4.45. The molecule has 0 bridgehead atoms. The Morgan fingerprint density at radius 3 is 2.55 bits per heavy atom. The lowest BCUT2D eigenvalue weighted by Crippen LogP contribution is -2.00. The number of ketones is 1. The van der Waals surface area contributed by atoms with E-state index in [-0.39, 0.29) is 5.78 Å². The summed E-state index contributed by atoms with van der Waals surface area (Å²) in [5.41, 5.74) is 8.16. The first-order chi connectivity index (χ1) is 9.69. The van der Waals surface area contributed by atoms with Crippen molar-refractivity contribution in [3.63, 3.8) is 0 Å². The van der Waals surface area contributed by atoms with Gasteiger partial charge in [0.2, 0.25) is 0 Å². The summed E-state index contributed by atoms with van der Waals surface area (Å²) in [5, 5.41) is 0. The third-order valence-electron chi connectivity index (χ3n) is 2.96. The molecule has 2 N–H and O–H groups in total. The fourth-order valence-electron chi connectivity index (χ4n) is 1.89. The number of rotatable bonds is 5. The van der Waals surface area contributed by atoms with Crippen LogP contribution in [0.4, 0.5) is 5.69 Å². The number of nitrogens with two attached hydrogens (primary N) is 1. The molecule has 2 rings (SSSR count). The van der Waals surface area contributed by atoms with E-state index >= 15 is 0 Å². The summed E-state index contributed by atoms with van der Waals surface area (Å²) in [7, 11) is 1.60. The molecule has 0 aromatic heterocycles. The van der Waals surface area contributed by atoms with Crippen LogP contribution in [0.3, 0.4) is 0 Å². The molecule has 2 aromatic carbocycles. The van der Waals surface area contributed by atoms with Gasteiger partial charge in [-0.1, -0.05) is 36.4 Å². The van der Waals surface area contributed by atoms with Gasteiger partial charge in [0.05, 0.1) is 7.11 Å². The van der Waals surface area contributed by atoms with Crippen LogP contribution in [0.2, 0.25) is 0 Å². The molecular weight excluding hydrogens is 250 g/mol. The van der Waals surface area contributed by atoms with Crippen molar-refractivity contribution in [1.82, 2.24) is 0 Å². The monoisotopic (exact) mass is 267 g/mol. The molecule has 0 aliphatic rings. The zero-order valence-electron chi connectivity index (χ0n) is 11.4. The van der Waals surface area contributed by atoms with Gasteiger partial charge in [-0.05, 0) is 29.8 Å². The fraction of sp³-hybridized carbons (Fsp3) is 0.118. The van der Waals surface area contributed by atoms with Gasteiger partial charge in [0.25, 0.3) is 0 Å². The molecule has 0 spiro atoms. The average Bonchev–Trinajstić information content (AvgIpc) is 2.47. The van der Waals surface area contributed by atoms with E-state index in [2.05, 4.69) is 0 Å². The van der Waals surface area contributed by atoms with Crippen LogP contribution in [0.1, 0.15) is 11.1 Å². The quantitative estimate of drug-likeness (QED) is 0.669. The van der Waals surface area contributed by atoms with Gasteiger partial charge in [0.15, 0.2) is 5.78 Å². The van der Waals surface area contributed by atoms with Crippen LogP contribution in [-0.4, -0.2) is 12.9 Å². The number of hydrogen-bond donors (Lipinski definition) is 1. The standard InChI is InChI=1S/C17H17NO2/c1-20-17-5-3-2-4-14(17)12-16(19)11-8-13-6-9-15(18)10-7-13/h2-11H,12,18H2,1H3/b11-8+. The number of methoxy groups -OCH3 is 1. The van der Waals surface area contributed by atoms with Gasteiger partial charge in [-0.3, -0.25) is 4.79 Å². The van der Waals surface area contributed by atoms with Gasteiger partial charge in [0.1, 0.15) is 5.75 Å². The number of nitrogen functional groups attached to an aromatic ring is 1. The molecule has 2 aromatic rings. The first-order valence-electron chi connectivity index (χ1n) is 6.37. The molecular formula is C17H17NO2. The van der Waals surface area contributed by atoms with Gasteiger partial charge in [0, 0.05) is 17.7 Å². The minimum atomic E-state index is 0.0336. The molecule has 0 heterocycles. The third-order valence-corrected chi connectivity index (χ3v) is 2.96. The largest absolute Gasteiger partial charge is 0.496 e. The van der Waals surface area contributed by atoms with E-state index in [1.807, 2.05) is 48.5 Å². The molecule has 0 radical (unpaired) electrons. The third kappa shape index (κ3) is 3.72. The van der Waals surface area contributed by atoms with Crippen molar-refractivity contribution in [3.05, 3.63) is 65.7 Å². The Morgan fingerprint density at radius 2 is 1.85 bits per heavy atom. The summed E-state index contributed by atoms with van der Waals surface area (Å²) in [4.78, 5) is 12.0. The number of benzene rings is 2. The zero-order valence-corrected chi connectivity index (χ0v) is 11.4. The molecule has 0 saturated carbocycles. The first-order valence-corrected chi connectivity index (χ1v) is 6.37. The summed E-state index contributed by atoms with van der Waals surface area (Å²) >= 11 is 0. The summed E-state index contributed by atoms with van der Waals surface area (Å²) in [6.45, 7) is 0. The summed E-state index contributed by atoms with van der Waals surface area (Å²) in [6, 6.07) is 14.9. The van der Waals surface area contributed by atoms with E-state index in [1.54, 1.807) is 19.3 Å². The highest BCUT2D eigenvalue weighted by atomic mass is 16.5. The minimum absolute atomic E-state index is 0.0336. The molecule has 0 atom stereocenters. The number of anilines is 1. The molecule has 20 heavy (non-hydrogen) atoms. The number of para-hydroxylation sites is 1. The van der Waals surface area contributed by atoms with Crippen molar-refractivity contribution in [2.24, 2.45) is 0 Å². The van der Waals surface area contributed by atoms with E-state index in [4.69, 9.17) is 10.5 Å². The second kappa shape index (κ2) is 6.57. The Hall–Kier alpha value is -2.55. The van der Waals surface area contributed by atoms with Crippen LogP contribution in [-0.2, 0) is 11.2 Å². The van der Waals surface area contributed by atoms with E-state index in [0.29, 0.717) is 12.1 Å². The van der Waals surface area contributed by atoms with Crippen molar-refractivity contribution in [3.8, 4) is 5.75 Å². The van der Waals surface area contributed by atoms with Crippen molar-refractivity contribution < 1.29 is 9.53 Å². The van der Waals surface area contributed by atoms with E-state index in [9.17, 15) is 4.79 Å². The highest BCUT2D eigenvalue weighted by molar-refractivity contribution is 5.95. The van der Waals surface area contributed by atoms with Gasteiger partial charge in [-0.15, -0.1) is 0 Å². The Bertz CT molecular complexity index is 615. The van der Waals surface area contributed by atoms with Crippen LogP contribution < -0.4 is 10.5 Å². The highest BCUT2D eigenvalue weighted by Gasteiger charge is 2.05. The molecule has 0 aliphatic heterocycles. The van der Waals surface area contributed by atoms with Gasteiger partial charge >= 0.3 is 0 Å².